The zero-order valence-electron chi connectivity index (χ0n) is 14.0. The molecule has 1 aliphatic rings. The van der Waals surface area contributed by atoms with Gasteiger partial charge < -0.3 is 16.2 Å². The van der Waals surface area contributed by atoms with Gasteiger partial charge in [-0.3, -0.25) is 0 Å². The Kier molecular flexibility index (Phi) is 11.2. The number of nitrogens with two attached hydrogens (primary N) is 1. The summed E-state index contributed by atoms with van der Waals surface area (Å²) in [5, 5.41) is 12.6. The Labute approximate surface area is 132 Å². The van der Waals surface area contributed by atoms with E-state index in [1.807, 2.05) is 0 Å². The first-order chi connectivity index (χ1) is 10.3. The van der Waals surface area contributed by atoms with Gasteiger partial charge in [0.2, 0.25) is 0 Å². The van der Waals surface area contributed by atoms with Gasteiger partial charge in [-0.2, -0.15) is 0 Å². The largest absolute Gasteiger partial charge is 0.396 e. The van der Waals surface area contributed by atoms with Gasteiger partial charge in [-0.1, -0.05) is 57.8 Å². The standard InChI is InChI=1S/C18H38N2O/c19-17-18(20-15-11-8-12-16-21)13-9-6-4-2-1-3-5-7-10-14-18/h20-21H,1-17,19H2. The van der Waals surface area contributed by atoms with E-state index in [0.717, 1.165) is 32.4 Å². The highest BCUT2D eigenvalue weighted by Crippen LogP contribution is 2.24. The molecule has 0 spiro atoms. The van der Waals surface area contributed by atoms with Crippen LogP contribution in [0.3, 0.4) is 0 Å². The molecule has 0 aromatic rings. The normalized spacial score (nSPS) is 21.4. The summed E-state index contributed by atoms with van der Waals surface area (Å²) in [6.45, 7) is 2.15. The molecule has 0 amide bonds. The van der Waals surface area contributed by atoms with E-state index in [1.54, 1.807) is 0 Å². The van der Waals surface area contributed by atoms with Crippen LogP contribution in [0.2, 0.25) is 0 Å². The van der Waals surface area contributed by atoms with Crippen LogP contribution in [-0.4, -0.2) is 30.3 Å². The van der Waals surface area contributed by atoms with Crippen LogP contribution in [0.1, 0.15) is 89.9 Å². The maximum Gasteiger partial charge on any atom is 0.0431 e. The second-order valence-electron chi connectivity index (χ2n) is 6.88. The number of aliphatic hydroxyl groups excluding tert-OH is 1. The highest BCUT2D eigenvalue weighted by atomic mass is 16.2. The Bertz CT molecular complexity index is 221. The maximum atomic E-state index is 8.85. The van der Waals surface area contributed by atoms with E-state index in [2.05, 4.69) is 5.32 Å². The first-order valence-corrected chi connectivity index (χ1v) is 9.39. The minimum absolute atomic E-state index is 0.179. The Hall–Kier alpha value is -0.120. The van der Waals surface area contributed by atoms with Gasteiger partial charge in [0.1, 0.15) is 0 Å². The van der Waals surface area contributed by atoms with Crippen LogP contribution in [0.5, 0.6) is 0 Å². The SMILES string of the molecule is NCC1(NCCCCCO)CCCCCCCCCCC1. The summed E-state index contributed by atoms with van der Waals surface area (Å²) in [5.41, 5.74) is 6.34. The lowest BCUT2D eigenvalue weighted by Crippen LogP contribution is -2.51. The number of hydrogen-bond acceptors (Lipinski definition) is 3. The van der Waals surface area contributed by atoms with Gasteiger partial charge in [0.15, 0.2) is 0 Å². The van der Waals surface area contributed by atoms with Crippen LogP contribution in [0.25, 0.3) is 0 Å². The summed E-state index contributed by atoms with van der Waals surface area (Å²) in [6.07, 6.45) is 18.1. The average molecular weight is 299 g/mol. The summed E-state index contributed by atoms with van der Waals surface area (Å²) < 4.78 is 0. The molecule has 0 atom stereocenters. The Morgan fingerprint density at radius 3 is 1.76 bits per heavy atom. The van der Waals surface area contributed by atoms with Crippen LogP contribution in [0.4, 0.5) is 0 Å². The highest BCUT2D eigenvalue weighted by molar-refractivity contribution is 4.89. The monoisotopic (exact) mass is 298 g/mol. The molecule has 1 fully saturated rings. The van der Waals surface area contributed by atoms with Crippen molar-refractivity contribution in [2.24, 2.45) is 5.73 Å². The van der Waals surface area contributed by atoms with E-state index < -0.39 is 0 Å². The van der Waals surface area contributed by atoms with Gasteiger partial charge in [-0.05, 0) is 38.6 Å². The summed E-state index contributed by atoms with van der Waals surface area (Å²) in [7, 11) is 0. The molecule has 0 unspecified atom stereocenters. The van der Waals surface area contributed by atoms with E-state index in [9.17, 15) is 0 Å². The van der Waals surface area contributed by atoms with Crippen molar-refractivity contribution in [1.82, 2.24) is 5.32 Å². The molecule has 3 nitrogen and oxygen atoms in total. The second kappa shape index (κ2) is 12.4. The quantitative estimate of drug-likeness (QED) is 0.628. The van der Waals surface area contributed by atoms with Gasteiger partial charge in [-0.25, -0.2) is 0 Å². The molecule has 0 aromatic carbocycles. The number of rotatable bonds is 7. The maximum absolute atomic E-state index is 8.85. The summed E-state index contributed by atoms with van der Waals surface area (Å²) in [6, 6.07) is 0. The Morgan fingerprint density at radius 1 is 0.762 bits per heavy atom. The fourth-order valence-corrected chi connectivity index (χ4v) is 3.51. The average Bonchev–Trinajstić information content (AvgIpc) is 2.49. The molecule has 126 valence electrons. The van der Waals surface area contributed by atoms with Gasteiger partial charge in [0.05, 0.1) is 0 Å². The molecular formula is C18H38N2O. The molecule has 0 heterocycles. The smallest absolute Gasteiger partial charge is 0.0431 e. The van der Waals surface area contributed by atoms with Gasteiger partial charge >= 0.3 is 0 Å². The van der Waals surface area contributed by atoms with Gasteiger partial charge in [0, 0.05) is 18.7 Å². The highest BCUT2D eigenvalue weighted by Gasteiger charge is 2.26. The van der Waals surface area contributed by atoms with Crippen LogP contribution in [0, 0.1) is 0 Å². The molecule has 1 rings (SSSR count). The van der Waals surface area contributed by atoms with Crippen molar-refractivity contribution in [2.45, 2.75) is 95.4 Å². The molecule has 0 aliphatic heterocycles. The molecule has 21 heavy (non-hydrogen) atoms. The second-order valence-corrected chi connectivity index (χ2v) is 6.88. The minimum Gasteiger partial charge on any atom is -0.396 e. The van der Waals surface area contributed by atoms with Crippen molar-refractivity contribution in [2.75, 3.05) is 19.7 Å². The van der Waals surface area contributed by atoms with E-state index in [0.29, 0.717) is 6.61 Å². The molecule has 0 radical (unpaired) electrons. The van der Waals surface area contributed by atoms with Crippen LogP contribution >= 0.6 is 0 Å². The predicted octanol–water partition coefficient (Wildman–Crippen LogP) is 3.74. The lowest BCUT2D eigenvalue weighted by atomic mass is 9.85. The number of unbranched alkanes of at least 4 members (excludes halogenated alkanes) is 2. The molecule has 1 aliphatic carbocycles. The van der Waals surface area contributed by atoms with Gasteiger partial charge in [-0.15, -0.1) is 0 Å². The third-order valence-corrected chi connectivity index (χ3v) is 5.04. The molecule has 0 bridgehead atoms. The number of hydrogen-bond donors (Lipinski definition) is 3. The van der Waals surface area contributed by atoms with Gasteiger partial charge in [0.25, 0.3) is 0 Å². The molecular weight excluding hydrogens is 260 g/mol. The third kappa shape index (κ3) is 8.80. The summed E-state index contributed by atoms with van der Waals surface area (Å²) in [5.74, 6) is 0. The summed E-state index contributed by atoms with van der Waals surface area (Å²) >= 11 is 0. The topological polar surface area (TPSA) is 58.3 Å². The summed E-state index contributed by atoms with van der Waals surface area (Å²) in [4.78, 5) is 0. The zero-order chi connectivity index (χ0) is 15.2. The fraction of sp³-hybridized carbons (Fsp3) is 1.00. The molecule has 0 saturated heterocycles. The Morgan fingerprint density at radius 2 is 1.29 bits per heavy atom. The van der Waals surface area contributed by atoms with Crippen molar-refractivity contribution in [3.05, 3.63) is 0 Å². The van der Waals surface area contributed by atoms with E-state index in [4.69, 9.17) is 10.8 Å². The fourth-order valence-electron chi connectivity index (χ4n) is 3.51. The zero-order valence-corrected chi connectivity index (χ0v) is 14.0. The van der Waals surface area contributed by atoms with Crippen molar-refractivity contribution >= 4 is 0 Å². The first kappa shape index (κ1) is 18.9. The lowest BCUT2D eigenvalue weighted by Gasteiger charge is -2.35. The van der Waals surface area contributed by atoms with E-state index in [1.165, 1.54) is 70.6 Å². The number of aliphatic hydroxyl groups is 1. The predicted molar refractivity (Wildman–Crippen MR) is 91.5 cm³/mol. The van der Waals surface area contributed by atoms with Crippen molar-refractivity contribution < 1.29 is 5.11 Å². The van der Waals surface area contributed by atoms with Crippen LogP contribution < -0.4 is 11.1 Å². The van der Waals surface area contributed by atoms with E-state index in [-0.39, 0.29) is 5.54 Å². The van der Waals surface area contributed by atoms with Crippen molar-refractivity contribution in [3.8, 4) is 0 Å². The molecule has 1 saturated carbocycles. The number of nitrogens with one attached hydrogen (secondary N) is 1. The van der Waals surface area contributed by atoms with Crippen molar-refractivity contribution in [3.63, 3.8) is 0 Å². The van der Waals surface area contributed by atoms with Crippen LogP contribution in [-0.2, 0) is 0 Å². The van der Waals surface area contributed by atoms with Crippen LogP contribution in [0.15, 0.2) is 0 Å². The molecule has 0 aromatic heterocycles. The Balaban J connectivity index is 2.38. The molecule has 4 N–H and O–H groups in total. The van der Waals surface area contributed by atoms with Crippen molar-refractivity contribution in [1.29, 1.82) is 0 Å². The lowest BCUT2D eigenvalue weighted by molar-refractivity contribution is 0.258. The first-order valence-electron chi connectivity index (χ1n) is 9.39. The third-order valence-electron chi connectivity index (χ3n) is 5.04. The molecule has 3 heteroatoms. The minimum atomic E-state index is 0.179. The van der Waals surface area contributed by atoms with E-state index >= 15 is 0 Å².